The molecule has 0 aromatic heterocycles. The van der Waals surface area contributed by atoms with Gasteiger partial charge in [0.05, 0.1) is 24.8 Å². The van der Waals surface area contributed by atoms with Crippen LogP contribution in [-0.2, 0) is 0 Å². The molecule has 0 saturated heterocycles. The SMILES string of the molecule is CCC1CCC(Oc2ccc(C#N)cc2OC)CC1. The molecule has 0 atom stereocenters. The van der Waals surface area contributed by atoms with Gasteiger partial charge in [0.15, 0.2) is 11.5 Å². The average molecular weight is 259 g/mol. The Hall–Kier alpha value is -1.69. The van der Waals surface area contributed by atoms with Crippen LogP contribution in [0.4, 0.5) is 0 Å². The van der Waals surface area contributed by atoms with Crippen molar-refractivity contribution in [3.63, 3.8) is 0 Å². The van der Waals surface area contributed by atoms with Crippen molar-refractivity contribution in [3.05, 3.63) is 23.8 Å². The van der Waals surface area contributed by atoms with Gasteiger partial charge >= 0.3 is 0 Å². The van der Waals surface area contributed by atoms with Crippen molar-refractivity contribution in [1.29, 1.82) is 5.26 Å². The minimum absolute atomic E-state index is 0.282. The van der Waals surface area contributed by atoms with Crippen LogP contribution in [0.5, 0.6) is 11.5 Å². The molecule has 1 aromatic carbocycles. The predicted octanol–water partition coefficient (Wildman–Crippen LogP) is 3.91. The van der Waals surface area contributed by atoms with E-state index in [-0.39, 0.29) is 6.10 Å². The van der Waals surface area contributed by atoms with Crippen LogP contribution in [0.1, 0.15) is 44.6 Å². The van der Waals surface area contributed by atoms with Crippen LogP contribution >= 0.6 is 0 Å². The van der Waals surface area contributed by atoms with Crippen LogP contribution in [0.2, 0.25) is 0 Å². The second-order valence-corrected chi connectivity index (χ2v) is 5.15. The first-order chi connectivity index (χ1) is 9.26. The normalized spacial score (nSPS) is 22.6. The molecule has 1 saturated carbocycles. The van der Waals surface area contributed by atoms with Crippen LogP contribution in [0.15, 0.2) is 18.2 Å². The molecule has 0 radical (unpaired) electrons. The lowest BCUT2D eigenvalue weighted by Gasteiger charge is -2.28. The fraction of sp³-hybridized carbons (Fsp3) is 0.562. The Morgan fingerprint density at radius 2 is 1.95 bits per heavy atom. The maximum absolute atomic E-state index is 8.88. The smallest absolute Gasteiger partial charge is 0.162 e. The quantitative estimate of drug-likeness (QED) is 0.823. The fourth-order valence-electron chi connectivity index (χ4n) is 2.67. The summed E-state index contributed by atoms with van der Waals surface area (Å²) in [5, 5.41) is 8.88. The standard InChI is InChI=1S/C16H21NO2/c1-3-12-4-7-14(8-5-12)19-15-9-6-13(11-17)10-16(15)18-2/h6,9-10,12,14H,3-5,7-8H2,1-2H3. The molecule has 0 bridgehead atoms. The van der Waals surface area contributed by atoms with Crippen LogP contribution in [0, 0.1) is 17.2 Å². The summed E-state index contributed by atoms with van der Waals surface area (Å²) < 4.78 is 11.3. The minimum Gasteiger partial charge on any atom is -0.493 e. The minimum atomic E-state index is 0.282. The van der Waals surface area contributed by atoms with Crippen LogP contribution in [-0.4, -0.2) is 13.2 Å². The van der Waals surface area contributed by atoms with Gasteiger partial charge in [0.2, 0.25) is 0 Å². The maximum Gasteiger partial charge on any atom is 0.162 e. The molecule has 19 heavy (non-hydrogen) atoms. The molecule has 1 fully saturated rings. The van der Waals surface area contributed by atoms with Crippen LogP contribution in [0.3, 0.4) is 0 Å². The van der Waals surface area contributed by atoms with Crippen molar-refractivity contribution >= 4 is 0 Å². The van der Waals surface area contributed by atoms with E-state index in [1.54, 1.807) is 19.2 Å². The highest BCUT2D eigenvalue weighted by Gasteiger charge is 2.22. The number of ether oxygens (including phenoxy) is 2. The molecule has 102 valence electrons. The molecule has 0 spiro atoms. The maximum atomic E-state index is 8.88. The summed E-state index contributed by atoms with van der Waals surface area (Å²) in [7, 11) is 1.61. The molecule has 2 rings (SSSR count). The third kappa shape index (κ3) is 3.41. The number of hydrogen-bond acceptors (Lipinski definition) is 3. The lowest BCUT2D eigenvalue weighted by Crippen LogP contribution is -2.24. The van der Waals surface area contributed by atoms with E-state index in [0.29, 0.717) is 11.3 Å². The van der Waals surface area contributed by atoms with Crippen molar-refractivity contribution in [2.45, 2.75) is 45.1 Å². The molecule has 0 aliphatic heterocycles. The second kappa shape index (κ2) is 6.47. The van der Waals surface area contributed by atoms with Gasteiger partial charge in [0.1, 0.15) is 0 Å². The first-order valence-electron chi connectivity index (χ1n) is 7.01. The van der Waals surface area contributed by atoms with Crippen LogP contribution in [0.25, 0.3) is 0 Å². The summed E-state index contributed by atoms with van der Waals surface area (Å²) >= 11 is 0. The number of benzene rings is 1. The molecule has 0 unspecified atom stereocenters. The van der Waals surface area contributed by atoms with E-state index in [1.807, 2.05) is 6.07 Å². The zero-order valence-corrected chi connectivity index (χ0v) is 11.7. The first-order valence-corrected chi connectivity index (χ1v) is 7.01. The number of methoxy groups -OCH3 is 1. The van der Waals surface area contributed by atoms with Crippen molar-refractivity contribution in [2.75, 3.05) is 7.11 Å². The molecular weight excluding hydrogens is 238 g/mol. The van der Waals surface area contributed by atoms with Gasteiger partial charge in [0.25, 0.3) is 0 Å². The lowest BCUT2D eigenvalue weighted by molar-refractivity contribution is 0.126. The van der Waals surface area contributed by atoms with Crippen molar-refractivity contribution < 1.29 is 9.47 Å². The molecule has 0 N–H and O–H groups in total. The summed E-state index contributed by atoms with van der Waals surface area (Å²) in [5.74, 6) is 2.26. The second-order valence-electron chi connectivity index (χ2n) is 5.15. The molecule has 0 heterocycles. The predicted molar refractivity (Wildman–Crippen MR) is 74.4 cm³/mol. The Kier molecular flexibility index (Phi) is 4.68. The summed E-state index contributed by atoms with van der Waals surface area (Å²) in [6.45, 7) is 2.26. The molecule has 3 heteroatoms. The van der Waals surface area contributed by atoms with Gasteiger partial charge in [0, 0.05) is 6.07 Å². The monoisotopic (exact) mass is 259 g/mol. The Morgan fingerprint density at radius 1 is 1.21 bits per heavy atom. The van der Waals surface area contributed by atoms with Gasteiger partial charge < -0.3 is 9.47 Å². The van der Waals surface area contributed by atoms with E-state index in [0.717, 1.165) is 24.5 Å². The molecule has 3 nitrogen and oxygen atoms in total. The highest BCUT2D eigenvalue weighted by molar-refractivity contribution is 5.46. The van der Waals surface area contributed by atoms with Crippen molar-refractivity contribution in [2.24, 2.45) is 5.92 Å². The van der Waals surface area contributed by atoms with E-state index < -0.39 is 0 Å². The highest BCUT2D eigenvalue weighted by Crippen LogP contribution is 2.33. The van der Waals surface area contributed by atoms with E-state index >= 15 is 0 Å². The van der Waals surface area contributed by atoms with E-state index in [4.69, 9.17) is 14.7 Å². The summed E-state index contributed by atoms with van der Waals surface area (Å²) in [6, 6.07) is 7.45. The van der Waals surface area contributed by atoms with Gasteiger partial charge in [-0.05, 0) is 43.7 Å². The largest absolute Gasteiger partial charge is 0.493 e. The Balaban J connectivity index is 2.01. The van der Waals surface area contributed by atoms with Crippen molar-refractivity contribution in [1.82, 2.24) is 0 Å². The Bertz CT molecular complexity index is 456. The van der Waals surface area contributed by atoms with Gasteiger partial charge in [-0.1, -0.05) is 13.3 Å². The zero-order valence-electron chi connectivity index (χ0n) is 11.7. The summed E-state index contributed by atoms with van der Waals surface area (Å²) in [5.41, 5.74) is 0.596. The Morgan fingerprint density at radius 3 is 2.53 bits per heavy atom. The average Bonchev–Trinajstić information content (AvgIpc) is 2.48. The fourth-order valence-corrected chi connectivity index (χ4v) is 2.67. The van der Waals surface area contributed by atoms with Gasteiger partial charge in [-0.25, -0.2) is 0 Å². The number of nitriles is 1. The number of hydrogen-bond donors (Lipinski definition) is 0. The molecule has 1 aliphatic carbocycles. The number of rotatable bonds is 4. The number of nitrogens with zero attached hydrogens (tertiary/aromatic N) is 1. The molecule has 1 aliphatic rings. The zero-order chi connectivity index (χ0) is 13.7. The molecule has 0 amide bonds. The molecular formula is C16H21NO2. The van der Waals surface area contributed by atoms with E-state index in [2.05, 4.69) is 13.0 Å². The van der Waals surface area contributed by atoms with E-state index in [9.17, 15) is 0 Å². The van der Waals surface area contributed by atoms with Crippen LogP contribution < -0.4 is 9.47 Å². The third-order valence-corrected chi connectivity index (χ3v) is 3.96. The van der Waals surface area contributed by atoms with Gasteiger partial charge in [-0.3, -0.25) is 0 Å². The molecule has 1 aromatic rings. The third-order valence-electron chi connectivity index (χ3n) is 3.96. The lowest BCUT2D eigenvalue weighted by atomic mass is 9.86. The Labute approximate surface area is 115 Å². The highest BCUT2D eigenvalue weighted by atomic mass is 16.5. The first kappa shape index (κ1) is 13.7. The summed E-state index contributed by atoms with van der Waals surface area (Å²) in [4.78, 5) is 0. The van der Waals surface area contributed by atoms with Gasteiger partial charge in [-0.2, -0.15) is 5.26 Å². The topological polar surface area (TPSA) is 42.2 Å². The van der Waals surface area contributed by atoms with E-state index in [1.165, 1.54) is 19.3 Å². The summed E-state index contributed by atoms with van der Waals surface area (Å²) in [6.07, 6.45) is 6.28. The van der Waals surface area contributed by atoms with Gasteiger partial charge in [-0.15, -0.1) is 0 Å². The van der Waals surface area contributed by atoms with Crippen molar-refractivity contribution in [3.8, 4) is 17.6 Å².